The van der Waals surface area contributed by atoms with E-state index in [-0.39, 0.29) is 0 Å². The minimum absolute atomic E-state index is 0.657. The van der Waals surface area contributed by atoms with E-state index in [2.05, 4.69) is 16.0 Å². The fourth-order valence-corrected chi connectivity index (χ4v) is 4.64. The van der Waals surface area contributed by atoms with Crippen LogP contribution in [0.2, 0.25) is 0 Å². The maximum absolute atomic E-state index is 6.04. The van der Waals surface area contributed by atoms with Crippen molar-refractivity contribution < 1.29 is 4.74 Å². The van der Waals surface area contributed by atoms with E-state index >= 15 is 0 Å². The molecule has 2 aliphatic heterocycles. The summed E-state index contributed by atoms with van der Waals surface area (Å²) in [6.07, 6.45) is 1.22. The van der Waals surface area contributed by atoms with Crippen LogP contribution in [0.5, 0.6) is 0 Å². The summed E-state index contributed by atoms with van der Waals surface area (Å²) < 4.78 is 5.32. The van der Waals surface area contributed by atoms with Gasteiger partial charge in [0.05, 0.1) is 19.8 Å². The van der Waals surface area contributed by atoms with E-state index in [9.17, 15) is 0 Å². The van der Waals surface area contributed by atoms with Gasteiger partial charge in [0.15, 0.2) is 5.96 Å². The quantitative estimate of drug-likeness (QED) is 0.666. The van der Waals surface area contributed by atoms with Gasteiger partial charge in [-0.15, -0.1) is 11.3 Å². The number of fused-ring (bicyclic) bond motifs is 1. The molecule has 1 saturated heterocycles. The van der Waals surface area contributed by atoms with Gasteiger partial charge >= 0.3 is 0 Å². The Morgan fingerprint density at radius 1 is 1.42 bits per heavy atom. The molecule has 1 aromatic rings. The second-order valence-corrected chi connectivity index (χ2v) is 7.06. The maximum atomic E-state index is 6.04. The molecule has 1 aromatic heterocycles. The zero-order valence-electron chi connectivity index (χ0n) is 10.9. The van der Waals surface area contributed by atoms with Gasteiger partial charge in [-0.2, -0.15) is 11.8 Å². The number of aliphatic imine (C=N–C) groups is 1. The van der Waals surface area contributed by atoms with Crippen LogP contribution in [0.1, 0.15) is 15.3 Å². The highest BCUT2D eigenvalue weighted by Crippen LogP contribution is 2.31. The van der Waals surface area contributed by atoms with Gasteiger partial charge in [-0.05, 0) is 23.8 Å². The molecule has 0 amide bonds. The second kappa shape index (κ2) is 6.15. The lowest BCUT2D eigenvalue weighted by molar-refractivity contribution is 0.0674. The van der Waals surface area contributed by atoms with Gasteiger partial charge in [0.1, 0.15) is 0 Å². The van der Waals surface area contributed by atoms with Crippen LogP contribution in [-0.2, 0) is 23.5 Å². The zero-order chi connectivity index (χ0) is 13.1. The minimum Gasteiger partial charge on any atom is -0.378 e. The van der Waals surface area contributed by atoms with E-state index in [1.807, 2.05) is 23.1 Å². The smallest absolute Gasteiger partial charge is 0.191 e. The molecule has 0 aromatic carbocycles. The number of hydrogen-bond donors (Lipinski definition) is 1. The molecule has 2 N–H and O–H groups in total. The van der Waals surface area contributed by atoms with Gasteiger partial charge in [0, 0.05) is 28.6 Å². The van der Waals surface area contributed by atoms with Crippen molar-refractivity contribution in [2.45, 2.75) is 18.7 Å². The third-order valence-corrected chi connectivity index (χ3v) is 5.64. The lowest BCUT2D eigenvalue weighted by Gasteiger charge is -2.27. The molecule has 1 fully saturated rings. The number of ether oxygens (including phenoxy) is 1. The van der Waals surface area contributed by atoms with Crippen molar-refractivity contribution in [2.75, 3.05) is 32.1 Å². The molecule has 0 saturated carbocycles. The second-order valence-electron chi connectivity index (χ2n) is 4.74. The van der Waals surface area contributed by atoms with Crippen LogP contribution >= 0.6 is 23.1 Å². The van der Waals surface area contributed by atoms with Crippen LogP contribution in [0, 0.1) is 0 Å². The molecule has 2 aliphatic rings. The van der Waals surface area contributed by atoms with Gasteiger partial charge in [0.25, 0.3) is 0 Å². The molecule has 19 heavy (non-hydrogen) atoms. The van der Waals surface area contributed by atoms with Crippen molar-refractivity contribution in [3.05, 3.63) is 21.4 Å². The fraction of sp³-hybridized carbons (Fsp3) is 0.615. The van der Waals surface area contributed by atoms with Crippen molar-refractivity contribution in [2.24, 2.45) is 10.7 Å². The van der Waals surface area contributed by atoms with Crippen LogP contribution in [0.3, 0.4) is 0 Å². The van der Waals surface area contributed by atoms with E-state index < -0.39 is 0 Å². The van der Waals surface area contributed by atoms with Gasteiger partial charge in [-0.25, -0.2) is 4.99 Å². The highest BCUT2D eigenvalue weighted by Gasteiger charge is 2.14. The maximum Gasteiger partial charge on any atom is 0.191 e. The molecule has 3 rings (SSSR count). The van der Waals surface area contributed by atoms with Crippen LogP contribution in [0.4, 0.5) is 0 Å². The largest absolute Gasteiger partial charge is 0.378 e. The van der Waals surface area contributed by atoms with Crippen LogP contribution in [0.25, 0.3) is 0 Å². The number of morpholine rings is 1. The highest BCUT2D eigenvalue weighted by molar-refractivity contribution is 7.98. The number of hydrogen-bond acceptors (Lipinski definition) is 4. The molecule has 4 nitrogen and oxygen atoms in total. The number of rotatable bonds is 2. The Kier molecular flexibility index (Phi) is 4.30. The first kappa shape index (κ1) is 13.3. The lowest BCUT2D eigenvalue weighted by Crippen LogP contribution is -2.44. The van der Waals surface area contributed by atoms with E-state index in [4.69, 9.17) is 10.5 Å². The van der Waals surface area contributed by atoms with Crippen molar-refractivity contribution >= 4 is 29.1 Å². The molecule has 0 aliphatic carbocycles. The number of aryl methyl sites for hydroxylation is 1. The van der Waals surface area contributed by atoms with Crippen LogP contribution < -0.4 is 5.73 Å². The molecule has 0 radical (unpaired) electrons. The average molecular weight is 297 g/mol. The summed E-state index contributed by atoms with van der Waals surface area (Å²) in [4.78, 5) is 9.52. The summed E-state index contributed by atoms with van der Waals surface area (Å²) in [5.74, 6) is 3.07. The van der Waals surface area contributed by atoms with Crippen molar-refractivity contribution in [3.63, 3.8) is 0 Å². The first-order valence-corrected chi connectivity index (χ1v) is 8.61. The van der Waals surface area contributed by atoms with Crippen LogP contribution in [-0.4, -0.2) is 42.9 Å². The van der Waals surface area contributed by atoms with E-state index in [1.165, 1.54) is 22.6 Å². The predicted octanol–water partition coefficient (Wildman–Crippen LogP) is 1.68. The zero-order valence-corrected chi connectivity index (χ0v) is 12.6. The Labute approximate surface area is 122 Å². The third-order valence-electron chi connectivity index (χ3n) is 3.41. The molecule has 0 spiro atoms. The van der Waals surface area contributed by atoms with Crippen LogP contribution in [0.15, 0.2) is 11.1 Å². The number of nitrogens with two attached hydrogens (primary N) is 1. The van der Waals surface area contributed by atoms with Gasteiger partial charge in [0.2, 0.25) is 0 Å². The van der Waals surface area contributed by atoms with Gasteiger partial charge < -0.3 is 15.4 Å². The molecular weight excluding hydrogens is 278 g/mol. The molecule has 6 heteroatoms. The standard InChI is InChI=1S/C13H19N3OS2/c14-13(16-2-4-17-5-3-16)15-8-11-7-10-9-18-6-1-12(10)19-11/h7H,1-6,8-9H2,(H2,14,15). The van der Waals surface area contributed by atoms with Crippen molar-refractivity contribution in [3.8, 4) is 0 Å². The Morgan fingerprint density at radius 2 is 2.26 bits per heavy atom. The molecule has 3 heterocycles. The minimum atomic E-state index is 0.657. The number of guanidine groups is 1. The van der Waals surface area contributed by atoms with Gasteiger partial charge in [-0.3, -0.25) is 0 Å². The monoisotopic (exact) mass is 297 g/mol. The number of thioether (sulfide) groups is 1. The van der Waals surface area contributed by atoms with Gasteiger partial charge in [-0.1, -0.05) is 0 Å². The normalized spacial score (nSPS) is 20.4. The first-order valence-electron chi connectivity index (χ1n) is 6.64. The Balaban J connectivity index is 1.62. The summed E-state index contributed by atoms with van der Waals surface area (Å²) in [5.41, 5.74) is 7.55. The SMILES string of the molecule is NC(=NCc1cc2c(s1)CCSC2)N1CCOCC1. The molecular formula is C13H19N3OS2. The predicted molar refractivity (Wildman–Crippen MR) is 81.9 cm³/mol. The average Bonchev–Trinajstić information content (AvgIpc) is 2.88. The van der Waals surface area contributed by atoms with E-state index in [0.717, 1.165) is 32.1 Å². The van der Waals surface area contributed by atoms with Crippen molar-refractivity contribution in [1.82, 2.24) is 4.90 Å². The highest BCUT2D eigenvalue weighted by atomic mass is 32.2. The Bertz CT molecular complexity index is 443. The summed E-state index contributed by atoms with van der Waals surface area (Å²) in [6, 6.07) is 2.31. The molecule has 0 atom stereocenters. The summed E-state index contributed by atoms with van der Waals surface area (Å²) in [5, 5.41) is 0. The summed E-state index contributed by atoms with van der Waals surface area (Å²) in [7, 11) is 0. The molecule has 104 valence electrons. The number of nitrogens with zero attached hydrogens (tertiary/aromatic N) is 2. The van der Waals surface area contributed by atoms with E-state index in [1.54, 1.807) is 4.88 Å². The summed E-state index contributed by atoms with van der Waals surface area (Å²) >= 11 is 3.93. The Hall–Kier alpha value is -0.720. The first-order chi connectivity index (χ1) is 9.33. The third kappa shape index (κ3) is 3.24. The van der Waals surface area contributed by atoms with E-state index in [0.29, 0.717) is 12.5 Å². The van der Waals surface area contributed by atoms with Crippen molar-refractivity contribution in [1.29, 1.82) is 0 Å². The number of thiophene rings is 1. The fourth-order valence-electron chi connectivity index (χ4n) is 2.34. The lowest BCUT2D eigenvalue weighted by atomic mass is 10.2. The topological polar surface area (TPSA) is 50.8 Å². The summed E-state index contributed by atoms with van der Waals surface area (Å²) in [6.45, 7) is 3.92. The molecule has 0 unspecified atom stereocenters. The molecule has 0 bridgehead atoms. The Morgan fingerprint density at radius 3 is 3.05 bits per heavy atom.